The molecule has 0 radical (unpaired) electrons. The number of rotatable bonds is 11. The predicted molar refractivity (Wildman–Crippen MR) is 162 cm³/mol. The van der Waals surface area contributed by atoms with Crippen LogP contribution in [0.3, 0.4) is 0 Å². The van der Waals surface area contributed by atoms with Crippen molar-refractivity contribution in [2.24, 2.45) is 0 Å². The number of anilines is 1. The predicted octanol–water partition coefficient (Wildman–Crippen LogP) is 6.57. The molecular formula is C32H34N2O6S. The lowest BCUT2D eigenvalue weighted by Crippen LogP contribution is -2.32. The van der Waals surface area contributed by atoms with Crippen LogP contribution in [0.4, 0.5) is 10.5 Å². The Hall–Kier alpha value is -4.24. The molecule has 1 fully saturated rings. The van der Waals surface area contributed by atoms with Gasteiger partial charge in [-0.15, -0.1) is 0 Å². The van der Waals surface area contributed by atoms with Gasteiger partial charge in [0.15, 0.2) is 18.1 Å². The van der Waals surface area contributed by atoms with E-state index in [-0.39, 0.29) is 42.7 Å². The zero-order valence-electron chi connectivity index (χ0n) is 23.9. The first-order valence-corrected chi connectivity index (χ1v) is 14.1. The number of hydrogen-bond donors (Lipinski definition) is 1. The molecule has 4 rings (SSSR count). The third-order valence-corrected chi connectivity index (χ3v) is 7.32. The molecule has 0 saturated carbocycles. The van der Waals surface area contributed by atoms with Crippen molar-refractivity contribution in [2.45, 2.75) is 33.6 Å². The van der Waals surface area contributed by atoms with Gasteiger partial charge in [0, 0.05) is 5.69 Å². The fraction of sp³-hybridized carbons (Fsp3) is 0.281. The minimum Gasteiger partial charge on any atom is -0.493 e. The molecule has 3 amide bonds. The number of aryl methyl sites for hydroxylation is 2. The van der Waals surface area contributed by atoms with E-state index in [1.807, 2.05) is 56.3 Å². The highest BCUT2D eigenvalue weighted by Gasteiger charge is 2.35. The van der Waals surface area contributed by atoms with Gasteiger partial charge in [0.05, 0.1) is 18.6 Å². The third kappa shape index (κ3) is 7.70. The maximum Gasteiger partial charge on any atom is 0.293 e. The number of methoxy groups -OCH3 is 1. The maximum absolute atomic E-state index is 13.0. The number of thioether (sulfide) groups is 1. The van der Waals surface area contributed by atoms with Crippen molar-refractivity contribution >= 4 is 40.6 Å². The highest BCUT2D eigenvalue weighted by atomic mass is 32.2. The van der Waals surface area contributed by atoms with E-state index in [1.54, 1.807) is 24.3 Å². The molecule has 1 N–H and O–H groups in total. The Kier molecular flexibility index (Phi) is 9.73. The summed E-state index contributed by atoms with van der Waals surface area (Å²) in [4.78, 5) is 39.5. The zero-order valence-corrected chi connectivity index (χ0v) is 24.7. The van der Waals surface area contributed by atoms with Crippen LogP contribution in [0, 0.1) is 13.8 Å². The van der Waals surface area contributed by atoms with Crippen LogP contribution in [-0.2, 0) is 9.59 Å². The van der Waals surface area contributed by atoms with Crippen LogP contribution in [0.1, 0.15) is 42.0 Å². The van der Waals surface area contributed by atoms with Crippen LogP contribution < -0.4 is 19.5 Å². The summed E-state index contributed by atoms with van der Waals surface area (Å²) >= 11 is 0.885. The van der Waals surface area contributed by atoms with Gasteiger partial charge in [-0.3, -0.25) is 19.3 Å². The van der Waals surface area contributed by atoms with Gasteiger partial charge in [-0.2, -0.15) is 0 Å². The molecule has 0 bridgehead atoms. The second kappa shape index (κ2) is 13.4. The Labute approximate surface area is 244 Å². The molecule has 0 spiro atoms. The molecule has 0 aromatic heterocycles. The van der Waals surface area contributed by atoms with E-state index in [4.69, 9.17) is 14.2 Å². The van der Waals surface area contributed by atoms with E-state index >= 15 is 0 Å². The second-order valence-electron chi connectivity index (χ2n) is 9.99. The van der Waals surface area contributed by atoms with E-state index in [9.17, 15) is 14.4 Å². The van der Waals surface area contributed by atoms with Gasteiger partial charge < -0.3 is 19.5 Å². The molecule has 1 aliphatic rings. The molecule has 3 aromatic carbocycles. The molecule has 0 aliphatic carbocycles. The normalized spacial score (nSPS) is 14.1. The van der Waals surface area contributed by atoms with E-state index in [0.29, 0.717) is 27.7 Å². The first-order chi connectivity index (χ1) is 19.6. The second-order valence-corrected chi connectivity index (χ2v) is 11.0. The monoisotopic (exact) mass is 574 g/mol. The summed E-state index contributed by atoms with van der Waals surface area (Å²) in [5.74, 6) is 1.16. The van der Waals surface area contributed by atoms with Gasteiger partial charge in [0.1, 0.15) is 12.4 Å². The number of carbonyl (C=O) groups is 3. The topological polar surface area (TPSA) is 94.2 Å². The van der Waals surface area contributed by atoms with Gasteiger partial charge in [0.2, 0.25) is 0 Å². The van der Waals surface area contributed by atoms with Crippen LogP contribution in [0.25, 0.3) is 6.08 Å². The SMILES string of the molecule is COc1cc(/C=C2\SC(=O)N(CCOc3cc(C)ccc3C(C)C)C2=O)ccc1OCC(=O)Nc1ccc(C)cc1. The van der Waals surface area contributed by atoms with Gasteiger partial charge in [-0.1, -0.05) is 49.7 Å². The molecule has 41 heavy (non-hydrogen) atoms. The lowest BCUT2D eigenvalue weighted by molar-refractivity contribution is -0.123. The summed E-state index contributed by atoms with van der Waals surface area (Å²) in [5.41, 5.74) is 4.60. The van der Waals surface area contributed by atoms with Crippen LogP contribution in [-0.4, -0.2) is 48.8 Å². The van der Waals surface area contributed by atoms with Crippen molar-refractivity contribution < 1.29 is 28.6 Å². The summed E-state index contributed by atoms with van der Waals surface area (Å²) in [7, 11) is 1.49. The number of carbonyl (C=O) groups excluding carboxylic acids is 3. The van der Waals surface area contributed by atoms with Gasteiger partial charge in [0.25, 0.3) is 17.1 Å². The molecule has 0 atom stereocenters. The molecular weight excluding hydrogens is 540 g/mol. The summed E-state index contributed by atoms with van der Waals surface area (Å²) in [6.07, 6.45) is 1.64. The molecule has 0 unspecified atom stereocenters. The van der Waals surface area contributed by atoms with E-state index in [1.165, 1.54) is 12.0 Å². The van der Waals surface area contributed by atoms with Crippen molar-refractivity contribution in [1.82, 2.24) is 4.90 Å². The van der Waals surface area contributed by atoms with Gasteiger partial charge in [-0.05, 0) is 84.6 Å². The van der Waals surface area contributed by atoms with E-state index in [2.05, 4.69) is 19.2 Å². The Morgan fingerprint density at radius 2 is 1.66 bits per heavy atom. The van der Waals surface area contributed by atoms with E-state index < -0.39 is 0 Å². The van der Waals surface area contributed by atoms with Crippen molar-refractivity contribution in [3.8, 4) is 17.2 Å². The van der Waals surface area contributed by atoms with Crippen molar-refractivity contribution in [3.63, 3.8) is 0 Å². The quantitative estimate of drug-likeness (QED) is 0.259. The van der Waals surface area contributed by atoms with Crippen LogP contribution in [0.2, 0.25) is 0 Å². The molecule has 1 heterocycles. The largest absolute Gasteiger partial charge is 0.493 e. The molecule has 214 valence electrons. The van der Waals surface area contributed by atoms with Crippen LogP contribution >= 0.6 is 11.8 Å². The Morgan fingerprint density at radius 1 is 0.927 bits per heavy atom. The highest BCUT2D eigenvalue weighted by molar-refractivity contribution is 8.18. The molecule has 1 aliphatic heterocycles. The fourth-order valence-corrected chi connectivity index (χ4v) is 5.07. The molecule has 3 aromatic rings. The fourth-order valence-electron chi connectivity index (χ4n) is 4.21. The number of imide groups is 1. The standard InChI is InChI=1S/C32H34N2O6S/c1-20(2)25-12-8-22(4)16-27(25)39-15-14-34-31(36)29(41-32(34)37)18-23-9-13-26(28(17-23)38-5)40-19-30(35)33-24-10-6-21(3)7-11-24/h6-13,16-18,20H,14-15,19H2,1-5H3,(H,33,35)/b29-18-. The van der Waals surface area contributed by atoms with E-state index in [0.717, 1.165) is 34.2 Å². The third-order valence-electron chi connectivity index (χ3n) is 6.42. The van der Waals surface area contributed by atoms with Gasteiger partial charge in [-0.25, -0.2) is 0 Å². The number of ether oxygens (including phenoxy) is 3. The van der Waals surface area contributed by atoms with Crippen LogP contribution in [0.5, 0.6) is 17.2 Å². The average Bonchev–Trinajstić information content (AvgIpc) is 3.20. The maximum atomic E-state index is 13.0. The Bertz CT molecular complexity index is 1470. The molecule has 9 heteroatoms. The minimum absolute atomic E-state index is 0.147. The lowest BCUT2D eigenvalue weighted by atomic mass is 10.0. The number of amides is 3. The first kappa shape index (κ1) is 29.7. The zero-order chi connectivity index (χ0) is 29.5. The lowest BCUT2D eigenvalue weighted by Gasteiger charge is -2.17. The number of nitrogens with one attached hydrogen (secondary N) is 1. The Balaban J connectivity index is 1.36. The number of nitrogens with zero attached hydrogens (tertiary/aromatic N) is 1. The van der Waals surface area contributed by atoms with Crippen molar-refractivity contribution in [2.75, 3.05) is 32.2 Å². The number of benzene rings is 3. The summed E-state index contributed by atoms with van der Waals surface area (Å²) in [6, 6.07) is 18.6. The Morgan fingerprint density at radius 3 is 2.37 bits per heavy atom. The average molecular weight is 575 g/mol. The van der Waals surface area contributed by atoms with Crippen molar-refractivity contribution in [1.29, 1.82) is 0 Å². The minimum atomic E-state index is -0.371. The molecule has 8 nitrogen and oxygen atoms in total. The smallest absolute Gasteiger partial charge is 0.293 e. The number of hydrogen-bond acceptors (Lipinski definition) is 7. The van der Waals surface area contributed by atoms with Gasteiger partial charge >= 0.3 is 0 Å². The highest BCUT2D eigenvalue weighted by Crippen LogP contribution is 2.35. The van der Waals surface area contributed by atoms with Crippen LogP contribution in [0.15, 0.2) is 65.6 Å². The summed E-state index contributed by atoms with van der Waals surface area (Å²) in [5, 5.41) is 2.44. The van der Waals surface area contributed by atoms with Crippen molar-refractivity contribution in [3.05, 3.63) is 87.8 Å². The first-order valence-electron chi connectivity index (χ1n) is 13.3. The summed E-state index contributed by atoms with van der Waals surface area (Å²) < 4.78 is 17.1. The molecule has 1 saturated heterocycles. The summed E-state index contributed by atoms with van der Waals surface area (Å²) in [6.45, 7) is 8.30.